The van der Waals surface area contributed by atoms with Crippen molar-refractivity contribution in [1.29, 1.82) is 0 Å². The molecule has 4 aliphatic carbocycles. The van der Waals surface area contributed by atoms with Gasteiger partial charge < -0.3 is 19.5 Å². The van der Waals surface area contributed by atoms with Crippen LogP contribution in [0.3, 0.4) is 0 Å². The highest BCUT2D eigenvalue weighted by Crippen LogP contribution is 2.69. The van der Waals surface area contributed by atoms with Crippen molar-refractivity contribution in [2.24, 2.45) is 28.6 Å². The lowest BCUT2D eigenvalue weighted by molar-refractivity contribution is -0.239. The minimum absolute atomic E-state index is 0.00364. The average Bonchev–Trinajstić information content (AvgIpc) is 3.25. The predicted molar refractivity (Wildman–Crippen MR) is 104 cm³/mol. The summed E-state index contributed by atoms with van der Waals surface area (Å²) < 4.78 is 18.4. The summed E-state index contributed by atoms with van der Waals surface area (Å²) in [7, 11) is 0. The van der Waals surface area contributed by atoms with E-state index in [1.54, 1.807) is 6.92 Å². The van der Waals surface area contributed by atoms with Crippen LogP contribution >= 0.6 is 0 Å². The largest absolute Gasteiger partial charge is 0.366 e. The van der Waals surface area contributed by atoms with Crippen molar-refractivity contribution >= 4 is 11.7 Å². The monoisotopic (exact) mass is 401 g/mol. The summed E-state index contributed by atoms with van der Waals surface area (Å²) in [5, 5.41) is 3.02. The van der Waals surface area contributed by atoms with Crippen LogP contribution < -0.4 is 5.32 Å². The van der Waals surface area contributed by atoms with Crippen LogP contribution in [0.2, 0.25) is 0 Å². The number of amides is 1. The fourth-order valence-electron chi connectivity index (χ4n) is 8.17. The van der Waals surface area contributed by atoms with Crippen LogP contribution in [0.5, 0.6) is 0 Å². The number of fused-ring (bicyclic) bond motifs is 8. The number of nitrogens with one attached hydrogen (secondary N) is 1. The third-order valence-electron chi connectivity index (χ3n) is 9.37. The van der Waals surface area contributed by atoms with Crippen LogP contribution in [0.1, 0.15) is 52.9 Å². The van der Waals surface area contributed by atoms with E-state index in [1.165, 1.54) is 5.57 Å². The first-order valence-corrected chi connectivity index (χ1v) is 11.2. The molecule has 2 heterocycles. The van der Waals surface area contributed by atoms with Crippen LogP contribution in [0.15, 0.2) is 11.6 Å². The number of ether oxygens (including phenoxy) is 3. The molecule has 158 valence electrons. The minimum atomic E-state index is -0.559. The van der Waals surface area contributed by atoms with Gasteiger partial charge in [0.25, 0.3) is 0 Å². The summed E-state index contributed by atoms with van der Waals surface area (Å²) in [4.78, 5) is 25.3. The first-order chi connectivity index (χ1) is 13.8. The Kier molecular flexibility index (Phi) is 3.65. The first-order valence-electron chi connectivity index (χ1n) is 11.2. The molecule has 0 aromatic rings. The summed E-state index contributed by atoms with van der Waals surface area (Å²) in [5.74, 6) is 0.581. The number of carbonyl (C=O) groups is 2. The second-order valence-corrected chi connectivity index (χ2v) is 10.6. The van der Waals surface area contributed by atoms with Crippen LogP contribution in [0.4, 0.5) is 0 Å². The Hall–Kier alpha value is -1.24. The van der Waals surface area contributed by atoms with E-state index in [0.29, 0.717) is 37.3 Å². The van der Waals surface area contributed by atoms with E-state index in [-0.39, 0.29) is 40.9 Å². The molecule has 0 aromatic carbocycles. The van der Waals surface area contributed by atoms with Crippen LogP contribution in [-0.2, 0) is 23.8 Å². The van der Waals surface area contributed by atoms with Gasteiger partial charge in [0, 0.05) is 36.5 Å². The van der Waals surface area contributed by atoms with Crippen molar-refractivity contribution in [3.63, 3.8) is 0 Å². The van der Waals surface area contributed by atoms with Gasteiger partial charge in [0.15, 0.2) is 5.79 Å². The van der Waals surface area contributed by atoms with Crippen molar-refractivity contribution in [2.45, 2.75) is 76.9 Å². The van der Waals surface area contributed by atoms with E-state index in [9.17, 15) is 9.59 Å². The Morgan fingerprint density at radius 1 is 1.21 bits per heavy atom. The molecule has 3 saturated carbocycles. The van der Waals surface area contributed by atoms with Crippen molar-refractivity contribution < 1.29 is 23.8 Å². The van der Waals surface area contributed by atoms with E-state index < -0.39 is 5.79 Å². The minimum Gasteiger partial charge on any atom is -0.366 e. The number of ketones is 1. The zero-order valence-corrected chi connectivity index (χ0v) is 17.5. The standard InChI is InChI=1S/C23H31NO5/c1-12(25)24-16-10-13-4-5-14-15-6-7-23(27-8-9-28-23)21(15,2)11-17(26)18(14)22(13,3)20-19(16)29-20/h10,14-16,18-20H,4-9,11H2,1-3H3,(H,24,25)/t14?,15-,16-,18+,19-,20-,21-,22?/m0/s1. The highest BCUT2D eigenvalue weighted by Gasteiger charge is 2.72. The van der Waals surface area contributed by atoms with Gasteiger partial charge in [-0.15, -0.1) is 0 Å². The summed E-state index contributed by atoms with van der Waals surface area (Å²) in [5.41, 5.74) is 0.847. The lowest BCUT2D eigenvalue weighted by Gasteiger charge is -2.57. The molecule has 8 atom stereocenters. The molecule has 5 fully saturated rings. The first kappa shape index (κ1) is 18.5. The van der Waals surface area contributed by atoms with Crippen LogP contribution in [0, 0.1) is 28.6 Å². The average molecular weight is 402 g/mol. The Morgan fingerprint density at radius 3 is 2.69 bits per heavy atom. The molecule has 2 aliphatic heterocycles. The normalized spacial score (nSPS) is 51.6. The third-order valence-corrected chi connectivity index (χ3v) is 9.37. The summed E-state index contributed by atoms with van der Waals surface area (Å²) in [6, 6.07) is -0.0591. The van der Waals surface area contributed by atoms with Crippen LogP contribution in [0.25, 0.3) is 0 Å². The highest BCUT2D eigenvalue weighted by atomic mass is 16.7. The molecular formula is C23H31NO5. The predicted octanol–water partition coefficient (Wildman–Crippen LogP) is 2.36. The fraction of sp³-hybridized carbons (Fsp3) is 0.826. The maximum Gasteiger partial charge on any atom is 0.217 e. The van der Waals surface area contributed by atoms with Crippen molar-refractivity contribution in [3.05, 3.63) is 11.6 Å². The van der Waals surface area contributed by atoms with E-state index >= 15 is 0 Å². The number of rotatable bonds is 1. The molecule has 2 unspecified atom stereocenters. The Bertz CT molecular complexity index is 816. The number of Topliss-reactive ketones (excluding diaryl/α,β-unsaturated/α-hetero) is 1. The van der Waals surface area contributed by atoms with Crippen molar-refractivity contribution in [1.82, 2.24) is 5.32 Å². The van der Waals surface area contributed by atoms with Gasteiger partial charge in [-0.3, -0.25) is 9.59 Å². The third kappa shape index (κ3) is 2.18. The SMILES string of the molecule is CC(=O)N[C@H]1C=C2CCC3[C@H](C(=O)C[C@@]4(C)[C@H]3CCC43OCCO3)C2(C)[C@H]2O[C@@H]12. The Morgan fingerprint density at radius 2 is 1.97 bits per heavy atom. The van der Waals surface area contributed by atoms with E-state index in [2.05, 4.69) is 25.2 Å². The zero-order chi connectivity index (χ0) is 20.2. The molecule has 1 spiro atoms. The molecule has 1 N–H and O–H groups in total. The van der Waals surface area contributed by atoms with Gasteiger partial charge in [-0.1, -0.05) is 25.5 Å². The van der Waals surface area contributed by atoms with Gasteiger partial charge in [-0.2, -0.15) is 0 Å². The maximum absolute atomic E-state index is 13.7. The van der Waals surface area contributed by atoms with Gasteiger partial charge >= 0.3 is 0 Å². The maximum atomic E-state index is 13.7. The van der Waals surface area contributed by atoms with E-state index in [1.807, 2.05) is 0 Å². The molecule has 0 aromatic heterocycles. The summed E-state index contributed by atoms with van der Waals surface area (Å²) in [6.07, 6.45) is 6.76. The highest BCUT2D eigenvalue weighted by molar-refractivity contribution is 5.85. The Balaban J connectivity index is 1.37. The lowest BCUT2D eigenvalue weighted by atomic mass is 9.46. The van der Waals surface area contributed by atoms with Gasteiger partial charge in [-0.05, 0) is 31.1 Å². The van der Waals surface area contributed by atoms with Crippen LogP contribution in [-0.4, -0.2) is 48.9 Å². The van der Waals surface area contributed by atoms with Gasteiger partial charge in [0.05, 0.1) is 25.4 Å². The fourth-order valence-corrected chi connectivity index (χ4v) is 8.17. The molecule has 0 bridgehead atoms. The number of hydrogen-bond donors (Lipinski definition) is 1. The Labute approximate surface area is 171 Å². The quantitative estimate of drug-likeness (QED) is 0.539. The molecule has 6 rings (SSSR count). The smallest absolute Gasteiger partial charge is 0.217 e. The number of hydrogen-bond acceptors (Lipinski definition) is 5. The van der Waals surface area contributed by atoms with Crippen molar-refractivity contribution in [2.75, 3.05) is 13.2 Å². The molecular weight excluding hydrogens is 370 g/mol. The van der Waals surface area contributed by atoms with Gasteiger partial charge in [0.2, 0.25) is 5.91 Å². The molecule has 2 saturated heterocycles. The number of epoxide rings is 1. The second kappa shape index (κ2) is 5.71. The summed E-state index contributed by atoms with van der Waals surface area (Å²) >= 11 is 0. The molecule has 0 radical (unpaired) electrons. The van der Waals surface area contributed by atoms with E-state index in [4.69, 9.17) is 14.2 Å². The number of carbonyl (C=O) groups excluding carboxylic acids is 2. The molecule has 6 aliphatic rings. The molecule has 6 heteroatoms. The molecule has 6 nitrogen and oxygen atoms in total. The molecule has 1 amide bonds. The molecule has 29 heavy (non-hydrogen) atoms. The zero-order valence-electron chi connectivity index (χ0n) is 17.5. The van der Waals surface area contributed by atoms with Gasteiger partial charge in [0.1, 0.15) is 11.9 Å². The summed E-state index contributed by atoms with van der Waals surface area (Å²) in [6.45, 7) is 7.31. The lowest BCUT2D eigenvalue weighted by Crippen LogP contribution is -2.60. The van der Waals surface area contributed by atoms with E-state index in [0.717, 1.165) is 25.7 Å². The van der Waals surface area contributed by atoms with Crippen molar-refractivity contribution in [3.8, 4) is 0 Å². The van der Waals surface area contributed by atoms with Gasteiger partial charge in [-0.25, -0.2) is 0 Å². The second-order valence-electron chi connectivity index (χ2n) is 10.6. The topological polar surface area (TPSA) is 77.2 Å².